The van der Waals surface area contributed by atoms with Gasteiger partial charge >= 0.3 is 5.69 Å². The highest BCUT2D eigenvalue weighted by molar-refractivity contribution is 5.02. The number of fused-ring (bicyclic) bond motifs is 2. The Morgan fingerprint density at radius 3 is 2.65 bits per heavy atom. The zero-order chi connectivity index (χ0) is 14.3. The van der Waals surface area contributed by atoms with Crippen LogP contribution < -0.4 is 16.6 Å². The third-order valence-corrected chi connectivity index (χ3v) is 5.22. The molecule has 1 aromatic rings. The highest BCUT2D eigenvalue weighted by Crippen LogP contribution is 2.47. The monoisotopic (exact) mass is 277 g/mol. The van der Waals surface area contributed by atoms with Gasteiger partial charge in [0, 0.05) is 32.4 Å². The molecule has 3 rings (SSSR count). The average Bonchev–Trinajstić information content (AvgIpc) is 3.04. The number of rotatable bonds is 4. The second kappa shape index (κ2) is 5.20. The first kappa shape index (κ1) is 13.6. The molecule has 0 radical (unpaired) electrons. The fourth-order valence-electron chi connectivity index (χ4n) is 3.96. The van der Waals surface area contributed by atoms with E-state index in [0.717, 1.165) is 34.6 Å². The molecule has 110 valence electrons. The molecule has 0 saturated heterocycles. The lowest BCUT2D eigenvalue weighted by Crippen LogP contribution is -2.39. The van der Waals surface area contributed by atoms with Gasteiger partial charge in [0.05, 0.1) is 0 Å². The smallest absolute Gasteiger partial charge is 0.311 e. The number of hydrogen-bond acceptors (Lipinski definition) is 3. The fourth-order valence-corrected chi connectivity index (χ4v) is 3.96. The predicted molar refractivity (Wildman–Crippen MR) is 77.6 cm³/mol. The maximum absolute atomic E-state index is 11.8. The Morgan fingerprint density at radius 1 is 1.20 bits per heavy atom. The van der Waals surface area contributed by atoms with E-state index in [1.165, 1.54) is 32.7 Å². The summed E-state index contributed by atoms with van der Waals surface area (Å²) in [6, 6.07) is 1.55. The van der Waals surface area contributed by atoms with E-state index in [4.69, 9.17) is 0 Å². The van der Waals surface area contributed by atoms with Crippen LogP contribution in [-0.2, 0) is 20.6 Å². The molecule has 0 spiro atoms. The van der Waals surface area contributed by atoms with Crippen molar-refractivity contribution in [2.45, 2.75) is 32.2 Å². The molecule has 1 aromatic heterocycles. The van der Waals surface area contributed by atoms with Crippen LogP contribution in [-0.4, -0.2) is 15.7 Å². The van der Waals surface area contributed by atoms with Crippen molar-refractivity contribution in [3.05, 3.63) is 32.6 Å². The highest BCUT2D eigenvalue weighted by Gasteiger charge is 2.38. The lowest BCUT2D eigenvalue weighted by atomic mass is 9.89. The van der Waals surface area contributed by atoms with Crippen LogP contribution in [0.15, 0.2) is 15.7 Å². The third-order valence-electron chi connectivity index (χ3n) is 5.22. The van der Waals surface area contributed by atoms with Crippen LogP contribution in [0.5, 0.6) is 0 Å². The summed E-state index contributed by atoms with van der Waals surface area (Å²) in [6.07, 6.45) is 5.58. The summed E-state index contributed by atoms with van der Waals surface area (Å²) >= 11 is 0. The molecule has 2 aliphatic rings. The summed E-state index contributed by atoms with van der Waals surface area (Å²) in [5.74, 6) is 2.65. The quantitative estimate of drug-likeness (QED) is 0.877. The zero-order valence-corrected chi connectivity index (χ0v) is 12.3. The first-order valence-electron chi connectivity index (χ1n) is 7.53. The molecule has 2 saturated carbocycles. The number of nitrogens with zero attached hydrogens (tertiary/aromatic N) is 2. The summed E-state index contributed by atoms with van der Waals surface area (Å²) < 4.78 is 2.69. The van der Waals surface area contributed by atoms with Crippen molar-refractivity contribution in [1.82, 2.24) is 14.5 Å². The standard InChI is InChI=1S/C15H23N3O2/c1-17-13(7-14(19)18(2)15(17)20)9-16-8-12-6-10-3-4-11(12)5-10/h7,10-12,16H,3-6,8-9H2,1-2H3. The summed E-state index contributed by atoms with van der Waals surface area (Å²) in [4.78, 5) is 23.5. The Hall–Kier alpha value is -1.36. The molecule has 0 aromatic carbocycles. The summed E-state index contributed by atoms with van der Waals surface area (Å²) in [5, 5.41) is 3.44. The molecule has 1 N–H and O–H groups in total. The van der Waals surface area contributed by atoms with Crippen LogP contribution in [0, 0.1) is 17.8 Å². The van der Waals surface area contributed by atoms with Crippen molar-refractivity contribution in [2.75, 3.05) is 6.54 Å². The van der Waals surface area contributed by atoms with Gasteiger partial charge in [-0.1, -0.05) is 6.42 Å². The molecule has 2 fully saturated rings. The molecule has 0 amide bonds. The molecular formula is C15H23N3O2. The molecule has 5 nitrogen and oxygen atoms in total. The van der Waals surface area contributed by atoms with Crippen LogP contribution in [0.25, 0.3) is 0 Å². The molecule has 2 aliphatic carbocycles. The Labute approximate surface area is 118 Å². The van der Waals surface area contributed by atoms with Gasteiger partial charge in [-0.15, -0.1) is 0 Å². The van der Waals surface area contributed by atoms with Gasteiger partial charge in [0.15, 0.2) is 0 Å². The summed E-state index contributed by atoms with van der Waals surface area (Å²) in [7, 11) is 3.23. The van der Waals surface area contributed by atoms with Crippen molar-refractivity contribution in [2.24, 2.45) is 31.8 Å². The predicted octanol–water partition coefficient (Wildman–Crippen LogP) is 0.610. The van der Waals surface area contributed by atoms with E-state index in [1.54, 1.807) is 17.7 Å². The largest absolute Gasteiger partial charge is 0.330 e. The molecule has 1 heterocycles. The normalized spacial score (nSPS) is 28.2. The van der Waals surface area contributed by atoms with Gasteiger partial charge in [-0.2, -0.15) is 0 Å². The van der Waals surface area contributed by atoms with E-state index >= 15 is 0 Å². The lowest BCUT2D eigenvalue weighted by molar-refractivity contribution is 0.317. The number of aromatic nitrogens is 2. The van der Waals surface area contributed by atoms with E-state index in [-0.39, 0.29) is 11.2 Å². The molecule has 3 unspecified atom stereocenters. The van der Waals surface area contributed by atoms with E-state index in [2.05, 4.69) is 5.32 Å². The number of hydrogen-bond donors (Lipinski definition) is 1. The van der Waals surface area contributed by atoms with E-state index in [1.807, 2.05) is 0 Å². The van der Waals surface area contributed by atoms with Gasteiger partial charge in [-0.05, 0) is 43.6 Å². The van der Waals surface area contributed by atoms with Crippen LogP contribution in [0.2, 0.25) is 0 Å². The van der Waals surface area contributed by atoms with E-state index < -0.39 is 0 Å². The molecule has 2 bridgehead atoms. The number of nitrogens with one attached hydrogen (secondary N) is 1. The highest BCUT2D eigenvalue weighted by atomic mass is 16.2. The lowest BCUT2D eigenvalue weighted by Gasteiger charge is -2.22. The van der Waals surface area contributed by atoms with Crippen molar-refractivity contribution < 1.29 is 0 Å². The van der Waals surface area contributed by atoms with Crippen molar-refractivity contribution in [1.29, 1.82) is 0 Å². The average molecular weight is 277 g/mol. The second-order valence-electron chi connectivity index (χ2n) is 6.44. The van der Waals surface area contributed by atoms with E-state index in [0.29, 0.717) is 6.54 Å². The van der Waals surface area contributed by atoms with Gasteiger partial charge < -0.3 is 5.32 Å². The Balaban J connectivity index is 1.62. The van der Waals surface area contributed by atoms with Crippen LogP contribution >= 0.6 is 0 Å². The van der Waals surface area contributed by atoms with Crippen molar-refractivity contribution in [3.8, 4) is 0 Å². The molecule has 0 aliphatic heterocycles. The minimum atomic E-state index is -0.255. The Bertz CT molecular complexity index is 617. The van der Waals surface area contributed by atoms with Crippen molar-refractivity contribution >= 4 is 0 Å². The Kier molecular flexibility index (Phi) is 3.54. The van der Waals surface area contributed by atoms with Crippen LogP contribution in [0.4, 0.5) is 0 Å². The summed E-state index contributed by atoms with van der Waals surface area (Å²) in [5.41, 5.74) is 0.278. The Morgan fingerprint density at radius 2 is 2.00 bits per heavy atom. The topological polar surface area (TPSA) is 56.0 Å². The molecule has 3 atom stereocenters. The maximum atomic E-state index is 11.8. The maximum Gasteiger partial charge on any atom is 0.330 e. The first-order chi connectivity index (χ1) is 9.56. The van der Waals surface area contributed by atoms with E-state index in [9.17, 15) is 9.59 Å². The summed E-state index contributed by atoms with van der Waals surface area (Å²) in [6.45, 7) is 1.60. The van der Waals surface area contributed by atoms with Crippen LogP contribution in [0.1, 0.15) is 31.4 Å². The van der Waals surface area contributed by atoms with Gasteiger partial charge in [0.25, 0.3) is 5.56 Å². The SMILES string of the molecule is Cn1c(CNCC2CC3CCC2C3)cc(=O)n(C)c1=O. The van der Waals surface area contributed by atoms with Gasteiger partial charge in [-0.3, -0.25) is 13.9 Å². The zero-order valence-electron chi connectivity index (χ0n) is 12.3. The minimum Gasteiger partial charge on any atom is -0.311 e. The van der Waals surface area contributed by atoms with Gasteiger partial charge in [0.1, 0.15) is 0 Å². The molecular weight excluding hydrogens is 254 g/mol. The second-order valence-corrected chi connectivity index (χ2v) is 6.44. The van der Waals surface area contributed by atoms with Gasteiger partial charge in [-0.25, -0.2) is 4.79 Å². The molecule has 5 heteroatoms. The fraction of sp³-hybridized carbons (Fsp3) is 0.733. The third kappa shape index (κ3) is 2.35. The van der Waals surface area contributed by atoms with Crippen LogP contribution in [0.3, 0.4) is 0 Å². The minimum absolute atomic E-state index is 0.232. The van der Waals surface area contributed by atoms with Gasteiger partial charge in [0.2, 0.25) is 0 Å². The van der Waals surface area contributed by atoms with Crippen molar-refractivity contribution in [3.63, 3.8) is 0 Å². The first-order valence-corrected chi connectivity index (χ1v) is 7.53. The molecule has 20 heavy (non-hydrogen) atoms.